The molecule has 0 fully saturated rings. The molecule has 0 aliphatic carbocycles. The van der Waals surface area contributed by atoms with Crippen molar-refractivity contribution in [3.63, 3.8) is 0 Å². The van der Waals surface area contributed by atoms with E-state index in [0.29, 0.717) is 5.56 Å². The van der Waals surface area contributed by atoms with Crippen LogP contribution in [0.2, 0.25) is 0 Å². The van der Waals surface area contributed by atoms with Gasteiger partial charge in [-0.15, -0.1) is 0 Å². The number of hydrogen-bond acceptors (Lipinski definition) is 4. The number of aliphatic hydroxyl groups is 1. The third kappa shape index (κ3) is 2.58. The van der Waals surface area contributed by atoms with Crippen LogP contribution in [0, 0.1) is 16.7 Å². The maximum Gasteiger partial charge on any atom is 0.0991 e. The van der Waals surface area contributed by atoms with Crippen LogP contribution in [0.4, 0.5) is 5.69 Å². The second-order valence-corrected chi connectivity index (χ2v) is 5.83. The molecule has 1 heterocycles. The third-order valence-electron chi connectivity index (χ3n) is 4.06. The van der Waals surface area contributed by atoms with E-state index in [1.54, 1.807) is 0 Å². The fourth-order valence-electron chi connectivity index (χ4n) is 2.56. The van der Waals surface area contributed by atoms with Crippen molar-refractivity contribution in [3.05, 3.63) is 29.3 Å². The van der Waals surface area contributed by atoms with E-state index in [-0.39, 0.29) is 24.1 Å². The highest BCUT2D eigenvalue weighted by molar-refractivity contribution is 5.58. The van der Waals surface area contributed by atoms with Crippen molar-refractivity contribution in [1.82, 2.24) is 5.32 Å². The summed E-state index contributed by atoms with van der Waals surface area (Å²) in [5, 5.41) is 25.3. The molecule has 2 unspecified atom stereocenters. The predicted molar refractivity (Wildman–Crippen MR) is 75.9 cm³/mol. The molecule has 1 aliphatic rings. The minimum absolute atomic E-state index is 0.146. The van der Waals surface area contributed by atoms with Gasteiger partial charge < -0.3 is 15.7 Å². The van der Waals surface area contributed by atoms with Crippen LogP contribution in [-0.4, -0.2) is 24.8 Å². The zero-order chi connectivity index (χ0) is 14.0. The first kappa shape index (κ1) is 13.9. The van der Waals surface area contributed by atoms with E-state index in [0.717, 1.165) is 17.7 Å². The van der Waals surface area contributed by atoms with Gasteiger partial charge in [-0.1, -0.05) is 13.8 Å². The molecule has 4 nitrogen and oxygen atoms in total. The summed E-state index contributed by atoms with van der Waals surface area (Å²) in [6.07, 6.45) is 0.895. The minimum Gasteiger partial charge on any atom is -0.396 e. The molecule has 2 rings (SSSR count). The highest BCUT2D eigenvalue weighted by atomic mass is 16.3. The average molecular weight is 259 g/mol. The highest BCUT2D eigenvalue weighted by Gasteiger charge is 2.35. The Hall–Kier alpha value is -1.57. The molecule has 1 aromatic rings. The van der Waals surface area contributed by atoms with Gasteiger partial charge in [0.1, 0.15) is 0 Å². The van der Waals surface area contributed by atoms with Gasteiger partial charge in [-0.05, 0) is 37.2 Å². The molecule has 102 valence electrons. The average Bonchev–Trinajstić information content (AvgIpc) is 2.45. The molecule has 0 spiro atoms. The molecule has 19 heavy (non-hydrogen) atoms. The van der Waals surface area contributed by atoms with E-state index < -0.39 is 0 Å². The number of nitriles is 1. The quantitative estimate of drug-likeness (QED) is 0.777. The summed E-state index contributed by atoms with van der Waals surface area (Å²) >= 11 is 0. The molecule has 0 saturated carbocycles. The van der Waals surface area contributed by atoms with Gasteiger partial charge in [0.15, 0.2) is 0 Å². The smallest absolute Gasteiger partial charge is 0.0991 e. The van der Waals surface area contributed by atoms with Gasteiger partial charge in [0.2, 0.25) is 0 Å². The largest absolute Gasteiger partial charge is 0.396 e. The van der Waals surface area contributed by atoms with Crippen molar-refractivity contribution in [3.8, 4) is 6.07 Å². The van der Waals surface area contributed by atoms with Gasteiger partial charge in [-0.25, -0.2) is 0 Å². The highest BCUT2D eigenvalue weighted by Crippen LogP contribution is 2.38. The first-order valence-corrected chi connectivity index (χ1v) is 6.60. The van der Waals surface area contributed by atoms with Crippen LogP contribution in [0.3, 0.4) is 0 Å². The van der Waals surface area contributed by atoms with Crippen LogP contribution in [0.5, 0.6) is 0 Å². The van der Waals surface area contributed by atoms with Crippen LogP contribution in [0.1, 0.15) is 37.4 Å². The lowest BCUT2D eigenvalue weighted by atomic mass is 9.78. The zero-order valence-corrected chi connectivity index (χ0v) is 11.7. The summed E-state index contributed by atoms with van der Waals surface area (Å²) in [7, 11) is 1.93. The van der Waals surface area contributed by atoms with E-state index in [2.05, 4.69) is 30.6 Å². The standard InChI is InChI=1S/C15H21N3O/c1-15(2,9-19)14-7-13(17-3)11-6-10(8-16)4-5-12(11)18-14/h4-6,13-14,17-19H,7,9H2,1-3H3. The van der Waals surface area contributed by atoms with Crippen LogP contribution >= 0.6 is 0 Å². The molecule has 0 aromatic heterocycles. The topological polar surface area (TPSA) is 68.1 Å². The van der Waals surface area contributed by atoms with Gasteiger partial charge >= 0.3 is 0 Å². The normalized spacial score (nSPS) is 22.3. The molecule has 0 amide bonds. The maximum absolute atomic E-state index is 9.53. The van der Waals surface area contributed by atoms with Crippen LogP contribution in [0.15, 0.2) is 18.2 Å². The van der Waals surface area contributed by atoms with Crippen molar-refractivity contribution in [1.29, 1.82) is 5.26 Å². The Morgan fingerprint density at radius 1 is 1.53 bits per heavy atom. The lowest BCUT2D eigenvalue weighted by molar-refractivity contribution is 0.129. The molecule has 0 saturated heterocycles. The summed E-state index contributed by atoms with van der Waals surface area (Å²) in [4.78, 5) is 0. The molecule has 0 radical (unpaired) electrons. The zero-order valence-electron chi connectivity index (χ0n) is 11.7. The fraction of sp³-hybridized carbons (Fsp3) is 0.533. The summed E-state index contributed by atoms with van der Waals surface area (Å²) in [5.74, 6) is 0. The molecule has 1 aromatic carbocycles. The molecule has 2 atom stereocenters. The Morgan fingerprint density at radius 3 is 2.84 bits per heavy atom. The van der Waals surface area contributed by atoms with E-state index >= 15 is 0 Å². The lowest BCUT2D eigenvalue weighted by Gasteiger charge is -2.41. The summed E-state index contributed by atoms with van der Waals surface area (Å²) < 4.78 is 0. The van der Waals surface area contributed by atoms with Gasteiger partial charge in [0.25, 0.3) is 0 Å². The molecular weight excluding hydrogens is 238 g/mol. The minimum atomic E-state index is -0.180. The number of benzene rings is 1. The first-order valence-electron chi connectivity index (χ1n) is 6.60. The molecule has 3 N–H and O–H groups in total. The van der Waals surface area contributed by atoms with E-state index in [9.17, 15) is 5.11 Å². The van der Waals surface area contributed by atoms with Crippen LogP contribution in [0.25, 0.3) is 0 Å². The van der Waals surface area contributed by atoms with Gasteiger partial charge in [-0.3, -0.25) is 0 Å². The van der Waals surface area contributed by atoms with Crippen LogP contribution < -0.4 is 10.6 Å². The van der Waals surface area contributed by atoms with Gasteiger partial charge in [-0.2, -0.15) is 5.26 Å². The van der Waals surface area contributed by atoms with Crippen molar-refractivity contribution in [2.45, 2.75) is 32.4 Å². The lowest BCUT2D eigenvalue weighted by Crippen LogP contribution is -2.44. The first-order chi connectivity index (χ1) is 9.01. The molecule has 1 aliphatic heterocycles. The second-order valence-electron chi connectivity index (χ2n) is 5.83. The Labute approximate surface area is 114 Å². The van der Waals surface area contributed by atoms with Gasteiger partial charge in [0, 0.05) is 23.2 Å². The SMILES string of the molecule is CNC1CC(C(C)(C)CO)Nc2ccc(C#N)cc21. The number of anilines is 1. The predicted octanol–water partition coefficient (Wildman–Crippen LogP) is 2.02. The Balaban J connectivity index is 2.37. The van der Waals surface area contributed by atoms with Crippen molar-refractivity contribution in [2.75, 3.05) is 19.0 Å². The Bertz CT molecular complexity index is 505. The summed E-state index contributed by atoms with van der Waals surface area (Å²) in [5.41, 5.74) is 2.68. The number of nitrogens with one attached hydrogen (secondary N) is 2. The van der Waals surface area contributed by atoms with E-state index in [1.165, 1.54) is 0 Å². The third-order valence-corrected chi connectivity index (χ3v) is 4.06. The number of fused-ring (bicyclic) bond motifs is 1. The number of rotatable bonds is 3. The van der Waals surface area contributed by atoms with Gasteiger partial charge in [0.05, 0.1) is 18.2 Å². The van der Waals surface area contributed by atoms with Crippen molar-refractivity contribution < 1.29 is 5.11 Å². The van der Waals surface area contributed by atoms with E-state index in [1.807, 2.05) is 25.2 Å². The number of nitrogens with zero attached hydrogens (tertiary/aromatic N) is 1. The Kier molecular flexibility index (Phi) is 3.79. The maximum atomic E-state index is 9.53. The molecular formula is C15H21N3O. The second kappa shape index (κ2) is 5.20. The monoisotopic (exact) mass is 259 g/mol. The molecule has 4 heteroatoms. The van der Waals surface area contributed by atoms with Crippen LogP contribution in [-0.2, 0) is 0 Å². The number of hydrogen-bond donors (Lipinski definition) is 3. The number of aliphatic hydroxyl groups excluding tert-OH is 1. The van der Waals surface area contributed by atoms with Crippen molar-refractivity contribution in [2.24, 2.45) is 5.41 Å². The van der Waals surface area contributed by atoms with Crippen molar-refractivity contribution >= 4 is 5.69 Å². The fourth-order valence-corrected chi connectivity index (χ4v) is 2.56. The summed E-state index contributed by atoms with van der Waals surface area (Å²) in [6.45, 7) is 4.27. The Morgan fingerprint density at radius 2 is 2.26 bits per heavy atom. The summed E-state index contributed by atoms with van der Waals surface area (Å²) in [6, 6.07) is 8.31. The van der Waals surface area contributed by atoms with E-state index in [4.69, 9.17) is 5.26 Å². The molecule has 0 bridgehead atoms.